The van der Waals surface area contributed by atoms with Gasteiger partial charge in [0, 0.05) is 52.4 Å². The van der Waals surface area contributed by atoms with Crippen molar-refractivity contribution in [2.24, 2.45) is 5.41 Å². The van der Waals surface area contributed by atoms with Gasteiger partial charge in [0.25, 0.3) is 0 Å². The van der Waals surface area contributed by atoms with Crippen molar-refractivity contribution in [3.8, 4) is 0 Å². The van der Waals surface area contributed by atoms with E-state index >= 15 is 0 Å². The summed E-state index contributed by atoms with van der Waals surface area (Å²) in [4.78, 5) is 27.4. The largest absolute Gasteiger partial charge is 0.391 e. The number of piperidine rings is 3. The zero-order valence-electron chi connectivity index (χ0n) is 15.6. The van der Waals surface area contributed by atoms with Gasteiger partial charge in [0.1, 0.15) is 5.82 Å². The minimum absolute atomic E-state index is 0.261. The van der Waals surface area contributed by atoms with E-state index in [1.54, 1.807) is 0 Å². The molecule has 7 heteroatoms. The number of anilines is 2. The van der Waals surface area contributed by atoms with Gasteiger partial charge in [0.05, 0.1) is 6.10 Å². The molecule has 1 N–H and O–H groups in total. The number of nitrogens with zero attached hydrogens (tertiary/aromatic N) is 5. The lowest BCUT2D eigenvalue weighted by molar-refractivity contribution is -0.136. The Kier molecular flexibility index (Phi) is 4.73. The molecule has 0 aromatic carbocycles. The standard InChI is InChI=1S/C19H29N5O2/c1-22-14-19(6-4-17(22)26)7-11-23(12-8-19)18-20-9-5-16(21-18)24-10-2-3-15(25)13-24/h5,9,15,25H,2-4,6-8,10-14H2,1H3/t15-/m0/s1. The van der Waals surface area contributed by atoms with Gasteiger partial charge in [-0.15, -0.1) is 0 Å². The topological polar surface area (TPSA) is 72.8 Å². The molecule has 3 aliphatic rings. The fraction of sp³-hybridized carbons (Fsp3) is 0.737. The van der Waals surface area contributed by atoms with Gasteiger partial charge < -0.3 is 19.8 Å². The minimum Gasteiger partial charge on any atom is -0.391 e. The van der Waals surface area contributed by atoms with E-state index in [2.05, 4.69) is 14.8 Å². The monoisotopic (exact) mass is 359 g/mol. The second kappa shape index (κ2) is 7.02. The van der Waals surface area contributed by atoms with Gasteiger partial charge >= 0.3 is 0 Å². The number of carbonyl (C=O) groups excluding carboxylic acids is 1. The molecule has 0 aliphatic carbocycles. The van der Waals surface area contributed by atoms with Crippen LogP contribution in [0.15, 0.2) is 12.3 Å². The molecule has 142 valence electrons. The summed E-state index contributed by atoms with van der Waals surface area (Å²) in [6.45, 7) is 4.35. The van der Waals surface area contributed by atoms with Crippen molar-refractivity contribution in [1.29, 1.82) is 0 Å². The predicted molar refractivity (Wildman–Crippen MR) is 100 cm³/mol. The van der Waals surface area contributed by atoms with Crippen LogP contribution in [0.3, 0.4) is 0 Å². The lowest BCUT2D eigenvalue weighted by atomic mass is 9.72. The Labute approximate surface area is 155 Å². The quantitative estimate of drug-likeness (QED) is 0.858. The highest BCUT2D eigenvalue weighted by Gasteiger charge is 2.40. The van der Waals surface area contributed by atoms with E-state index in [0.29, 0.717) is 13.0 Å². The predicted octanol–water partition coefficient (Wildman–Crippen LogP) is 1.28. The lowest BCUT2D eigenvalue weighted by Crippen LogP contribution is -2.50. The van der Waals surface area contributed by atoms with Crippen LogP contribution in [-0.4, -0.2) is 71.8 Å². The first kappa shape index (κ1) is 17.5. The van der Waals surface area contributed by atoms with Gasteiger partial charge in [-0.1, -0.05) is 0 Å². The third-order valence-corrected chi connectivity index (χ3v) is 6.32. The van der Waals surface area contributed by atoms with Gasteiger partial charge in [-0.05, 0) is 43.6 Å². The maximum atomic E-state index is 11.8. The number of aromatic nitrogens is 2. The molecule has 3 fully saturated rings. The van der Waals surface area contributed by atoms with Crippen molar-refractivity contribution in [3.05, 3.63) is 12.3 Å². The molecule has 0 bridgehead atoms. The molecule has 0 radical (unpaired) electrons. The number of likely N-dealkylation sites (tertiary alicyclic amines) is 1. The fourth-order valence-corrected chi connectivity index (χ4v) is 4.65. The first-order valence-corrected chi connectivity index (χ1v) is 9.80. The molecule has 1 atom stereocenters. The highest BCUT2D eigenvalue weighted by molar-refractivity contribution is 5.76. The molecule has 4 rings (SSSR count). The maximum Gasteiger partial charge on any atom is 0.227 e. The van der Waals surface area contributed by atoms with Crippen LogP contribution in [0.5, 0.6) is 0 Å². The molecule has 4 heterocycles. The number of β-amino-alcohol motifs (C(OH)–C–C–N with tert-alkyl or cyclic N) is 1. The molecular weight excluding hydrogens is 330 g/mol. The van der Waals surface area contributed by atoms with Crippen LogP contribution in [0.2, 0.25) is 0 Å². The molecule has 3 aliphatic heterocycles. The molecule has 0 unspecified atom stereocenters. The van der Waals surface area contributed by atoms with Crippen LogP contribution in [0.1, 0.15) is 38.5 Å². The third-order valence-electron chi connectivity index (χ3n) is 6.32. The van der Waals surface area contributed by atoms with Crippen LogP contribution in [0.4, 0.5) is 11.8 Å². The second-order valence-electron chi connectivity index (χ2n) is 8.19. The summed E-state index contributed by atoms with van der Waals surface area (Å²) < 4.78 is 0. The molecular formula is C19H29N5O2. The van der Waals surface area contributed by atoms with Crippen molar-refractivity contribution < 1.29 is 9.90 Å². The number of hydrogen-bond donors (Lipinski definition) is 1. The Balaban J connectivity index is 1.42. The summed E-state index contributed by atoms with van der Waals surface area (Å²) in [5.41, 5.74) is 0.272. The van der Waals surface area contributed by atoms with Gasteiger partial charge in [0.15, 0.2) is 0 Å². The maximum absolute atomic E-state index is 11.8. The lowest BCUT2D eigenvalue weighted by Gasteiger charge is -2.46. The van der Waals surface area contributed by atoms with E-state index in [4.69, 9.17) is 4.98 Å². The average molecular weight is 359 g/mol. The van der Waals surface area contributed by atoms with Gasteiger partial charge in [0.2, 0.25) is 11.9 Å². The Hall–Kier alpha value is -1.89. The molecule has 0 saturated carbocycles. The zero-order valence-corrected chi connectivity index (χ0v) is 15.6. The summed E-state index contributed by atoms with van der Waals surface area (Å²) in [6, 6.07) is 1.94. The van der Waals surface area contributed by atoms with E-state index in [1.165, 1.54) is 0 Å². The number of aliphatic hydroxyl groups excluding tert-OH is 1. The number of hydrogen-bond acceptors (Lipinski definition) is 6. The molecule has 1 amide bonds. The Bertz CT molecular complexity index is 659. The molecule has 3 saturated heterocycles. The number of amides is 1. The first-order valence-electron chi connectivity index (χ1n) is 9.80. The van der Waals surface area contributed by atoms with Crippen molar-refractivity contribution in [2.45, 2.75) is 44.6 Å². The Morgan fingerprint density at radius 1 is 1.19 bits per heavy atom. The van der Waals surface area contributed by atoms with Crippen molar-refractivity contribution in [1.82, 2.24) is 14.9 Å². The number of carbonyl (C=O) groups is 1. The Morgan fingerprint density at radius 3 is 2.73 bits per heavy atom. The zero-order chi connectivity index (χ0) is 18.1. The SMILES string of the molecule is CN1CC2(CCC1=O)CCN(c1nccc(N3CCC[C@H](O)C3)n1)CC2. The van der Waals surface area contributed by atoms with E-state index < -0.39 is 0 Å². The summed E-state index contributed by atoms with van der Waals surface area (Å²) in [5, 5.41) is 9.92. The molecule has 1 spiro atoms. The Morgan fingerprint density at radius 2 is 2.00 bits per heavy atom. The summed E-state index contributed by atoms with van der Waals surface area (Å²) in [6.07, 6.45) is 7.30. The molecule has 7 nitrogen and oxygen atoms in total. The summed E-state index contributed by atoms with van der Waals surface area (Å²) >= 11 is 0. The van der Waals surface area contributed by atoms with Gasteiger partial charge in [-0.3, -0.25) is 4.79 Å². The number of aliphatic hydroxyl groups is 1. The van der Waals surface area contributed by atoms with E-state index in [1.807, 2.05) is 24.2 Å². The second-order valence-corrected chi connectivity index (χ2v) is 8.19. The third kappa shape index (κ3) is 3.49. The van der Waals surface area contributed by atoms with E-state index in [-0.39, 0.29) is 17.4 Å². The van der Waals surface area contributed by atoms with Crippen LogP contribution < -0.4 is 9.80 Å². The van der Waals surface area contributed by atoms with Crippen molar-refractivity contribution in [2.75, 3.05) is 49.6 Å². The van der Waals surface area contributed by atoms with Crippen molar-refractivity contribution >= 4 is 17.7 Å². The van der Waals surface area contributed by atoms with Crippen LogP contribution in [0, 0.1) is 5.41 Å². The van der Waals surface area contributed by atoms with Crippen LogP contribution >= 0.6 is 0 Å². The molecule has 1 aromatic heterocycles. The van der Waals surface area contributed by atoms with E-state index in [0.717, 1.165) is 70.0 Å². The smallest absolute Gasteiger partial charge is 0.227 e. The van der Waals surface area contributed by atoms with Crippen molar-refractivity contribution in [3.63, 3.8) is 0 Å². The fourth-order valence-electron chi connectivity index (χ4n) is 4.65. The van der Waals surface area contributed by atoms with Crippen LogP contribution in [0.25, 0.3) is 0 Å². The van der Waals surface area contributed by atoms with Gasteiger partial charge in [-0.25, -0.2) is 4.98 Å². The highest BCUT2D eigenvalue weighted by atomic mass is 16.3. The molecule has 26 heavy (non-hydrogen) atoms. The van der Waals surface area contributed by atoms with Crippen LogP contribution in [-0.2, 0) is 4.79 Å². The van der Waals surface area contributed by atoms with E-state index in [9.17, 15) is 9.90 Å². The van der Waals surface area contributed by atoms with Gasteiger partial charge in [-0.2, -0.15) is 4.98 Å². The number of rotatable bonds is 2. The summed E-state index contributed by atoms with van der Waals surface area (Å²) in [7, 11) is 1.93. The normalized spacial score (nSPS) is 26.5. The first-order chi connectivity index (χ1) is 12.5. The summed E-state index contributed by atoms with van der Waals surface area (Å²) in [5.74, 6) is 1.98. The highest BCUT2D eigenvalue weighted by Crippen LogP contribution is 2.40. The molecule has 1 aromatic rings. The average Bonchev–Trinajstić information content (AvgIpc) is 2.66. The minimum atomic E-state index is -0.261.